The van der Waals surface area contributed by atoms with E-state index in [1.165, 1.54) is 0 Å². The Morgan fingerprint density at radius 3 is 2.37 bits per heavy atom. The van der Waals surface area contributed by atoms with Gasteiger partial charge in [-0.1, -0.05) is 23.2 Å². The molecular weight excluding hydrogens is 283 g/mol. The van der Waals surface area contributed by atoms with Gasteiger partial charge in [0, 0.05) is 6.54 Å². The molecule has 0 aliphatic carbocycles. The van der Waals surface area contributed by atoms with E-state index in [2.05, 4.69) is 24.3 Å². The molecule has 0 amide bonds. The topological polar surface area (TPSA) is 24.5 Å². The molecule has 0 aliphatic heterocycles. The number of hydrogen-bond acceptors (Lipinski definition) is 3. The Balaban J connectivity index is 2.47. The molecule has 0 heterocycles. The van der Waals surface area contributed by atoms with Crippen molar-refractivity contribution < 1.29 is 4.74 Å². The summed E-state index contributed by atoms with van der Waals surface area (Å²) in [4.78, 5) is 2.17. The van der Waals surface area contributed by atoms with E-state index in [-0.39, 0.29) is 0 Å². The average molecular weight is 305 g/mol. The second kappa shape index (κ2) is 8.64. The van der Waals surface area contributed by atoms with Gasteiger partial charge < -0.3 is 15.0 Å². The first-order valence-electron chi connectivity index (χ1n) is 6.50. The summed E-state index contributed by atoms with van der Waals surface area (Å²) in [5, 5.41) is 4.52. The van der Waals surface area contributed by atoms with Gasteiger partial charge in [-0.2, -0.15) is 0 Å². The van der Waals surface area contributed by atoms with Crippen molar-refractivity contribution in [3.8, 4) is 5.75 Å². The van der Waals surface area contributed by atoms with Gasteiger partial charge in [0.05, 0.1) is 16.7 Å². The van der Waals surface area contributed by atoms with E-state index in [1.54, 1.807) is 0 Å². The fraction of sp³-hybridized carbons (Fsp3) is 0.571. The fourth-order valence-corrected chi connectivity index (χ4v) is 2.39. The summed E-state index contributed by atoms with van der Waals surface area (Å²) in [6.45, 7) is 5.28. The normalized spacial score (nSPS) is 11.1. The van der Waals surface area contributed by atoms with Crippen molar-refractivity contribution in [1.29, 1.82) is 0 Å². The van der Waals surface area contributed by atoms with Crippen LogP contribution in [0.25, 0.3) is 0 Å². The molecule has 3 nitrogen and oxygen atoms in total. The molecule has 0 fully saturated rings. The van der Waals surface area contributed by atoms with Crippen molar-refractivity contribution >= 4 is 23.2 Å². The van der Waals surface area contributed by atoms with Crippen molar-refractivity contribution in [2.24, 2.45) is 0 Å². The van der Waals surface area contributed by atoms with E-state index in [0.29, 0.717) is 22.4 Å². The van der Waals surface area contributed by atoms with Gasteiger partial charge in [0.25, 0.3) is 0 Å². The van der Waals surface area contributed by atoms with Crippen LogP contribution < -0.4 is 10.1 Å². The van der Waals surface area contributed by atoms with Crippen LogP contribution in [0.15, 0.2) is 12.1 Å². The van der Waals surface area contributed by atoms with Crippen molar-refractivity contribution in [2.75, 3.05) is 33.8 Å². The van der Waals surface area contributed by atoms with Gasteiger partial charge in [-0.25, -0.2) is 0 Å². The van der Waals surface area contributed by atoms with Gasteiger partial charge in [0.2, 0.25) is 0 Å². The summed E-state index contributed by atoms with van der Waals surface area (Å²) < 4.78 is 5.40. The van der Waals surface area contributed by atoms with E-state index >= 15 is 0 Å². The molecule has 0 atom stereocenters. The summed E-state index contributed by atoms with van der Waals surface area (Å²) in [6.07, 6.45) is 1.12. The smallest absolute Gasteiger partial charge is 0.156 e. The Hall–Kier alpha value is -0.480. The maximum absolute atomic E-state index is 6.15. The SMILES string of the molecule is CCOc1c(Cl)cc(CNCCCN(C)C)cc1Cl. The quantitative estimate of drug-likeness (QED) is 0.745. The number of ether oxygens (including phenoxy) is 1. The van der Waals surface area contributed by atoms with Crippen LogP contribution in [0.4, 0.5) is 0 Å². The van der Waals surface area contributed by atoms with Crippen LogP contribution in [0.2, 0.25) is 10.0 Å². The van der Waals surface area contributed by atoms with Crippen LogP contribution >= 0.6 is 23.2 Å². The maximum atomic E-state index is 6.15. The van der Waals surface area contributed by atoms with Crippen molar-refractivity contribution in [2.45, 2.75) is 19.9 Å². The van der Waals surface area contributed by atoms with Gasteiger partial charge in [-0.15, -0.1) is 0 Å². The molecule has 108 valence electrons. The molecule has 0 unspecified atom stereocenters. The molecule has 19 heavy (non-hydrogen) atoms. The summed E-state index contributed by atoms with van der Waals surface area (Å²) >= 11 is 12.3. The highest BCUT2D eigenvalue weighted by Crippen LogP contribution is 2.34. The van der Waals surface area contributed by atoms with Crippen molar-refractivity contribution in [3.63, 3.8) is 0 Å². The lowest BCUT2D eigenvalue weighted by atomic mass is 10.2. The number of hydrogen-bond donors (Lipinski definition) is 1. The minimum absolute atomic E-state index is 0.557. The monoisotopic (exact) mass is 304 g/mol. The molecule has 1 rings (SSSR count). The molecule has 1 aromatic rings. The zero-order valence-corrected chi connectivity index (χ0v) is 13.3. The molecular formula is C14H22Cl2N2O. The molecule has 0 spiro atoms. The van der Waals surface area contributed by atoms with Crippen LogP contribution in [0, 0.1) is 0 Å². The second-order valence-corrected chi connectivity index (χ2v) is 5.47. The second-order valence-electron chi connectivity index (χ2n) is 4.66. The van der Waals surface area contributed by atoms with Crippen LogP contribution in [-0.2, 0) is 6.54 Å². The first kappa shape index (κ1) is 16.6. The zero-order chi connectivity index (χ0) is 14.3. The Kier molecular flexibility index (Phi) is 7.54. The number of halogens is 2. The Bertz CT molecular complexity index is 374. The minimum Gasteiger partial charge on any atom is -0.491 e. The predicted molar refractivity (Wildman–Crippen MR) is 82.5 cm³/mol. The molecule has 0 bridgehead atoms. The van der Waals surface area contributed by atoms with E-state index in [4.69, 9.17) is 27.9 Å². The lowest BCUT2D eigenvalue weighted by Crippen LogP contribution is -2.21. The fourth-order valence-electron chi connectivity index (χ4n) is 1.75. The number of nitrogens with one attached hydrogen (secondary N) is 1. The molecule has 1 aromatic carbocycles. The van der Waals surface area contributed by atoms with Crippen LogP contribution in [-0.4, -0.2) is 38.7 Å². The number of nitrogens with zero attached hydrogens (tertiary/aromatic N) is 1. The first-order chi connectivity index (χ1) is 9.04. The summed E-state index contributed by atoms with van der Waals surface area (Å²) in [7, 11) is 4.15. The van der Waals surface area contributed by atoms with E-state index in [9.17, 15) is 0 Å². The molecule has 0 aromatic heterocycles. The molecule has 0 saturated carbocycles. The van der Waals surface area contributed by atoms with Crippen LogP contribution in [0.1, 0.15) is 18.9 Å². The highest BCUT2D eigenvalue weighted by molar-refractivity contribution is 6.37. The molecule has 0 aliphatic rings. The average Bonchev–Trinajstić information content (AvgIpc) is 2.33. The van der Waals surface area contributed by atoms with Gasteiger partial charge in [-0.3, -0.25) is 0 Å². The lowest BCUT2D eigenvalue weighted by Gasteiger charge is -2.12. The molecule has 1 N–H and O–H groups in total. The molecule has 0 radical (unpaired) electrons. The lowest BCUT2D eigenvalue weighted by molar-refractivity contribution is 0.340. The van der Waals surface area contributed by atoms with Gasteiger partial charge in [0.15, 0.2) is 5.75 Å². The minimum atomic E-state index is 0.557. The zero-order valence-electron chi connectivity index (χ0n) is 11.8. The van der Waals surface area contributed by atoms with Crippen LogP contribution in [0.5, 0.6) is 5.75 Å². The van der Waals surface area contributed by atoms with Crippen molar-refractivity contribution in [3.05, 3.63) is 27.7 Å². The van der Waals surface area contributed by atoms with E-state index in [1.807, 2.05) is 19.1 Å². The summed E-state index contributed by atoms with van der Waals surface area (Å²) in [5.41, 5.74) is 1.07. The van der Waals surface area contributed by atoms with Gasteiger partial charge in [-0.05, 0) is 58.2 Å². The number of benzene rings is 1. The summed E-state index contributed by atoms with van der Waals surface area (Å²) in [6, 6.07) is 3.80. The van der Waals surface area contributed by atoms with E-state index in [0.717, 1.165) is 31.6 Å². The van der Waals surface area contributed by atoms with E-state index < -0.39 is 0 Å². The van der Waals surface area contributed by atoms with Gasteiger partial charge >= 0.3 is 0 Å². The Labute approximate surface area is 125 Å². The third-order valence-corrected chi connectivity index (χ3v) is 3.20. The van der Waals surface area contributed by atoms with Crippen LogP contribution in [0.3, 0.4) is 0 Å². The standard InChI is InChI=1S/C14H22Cl2N2O/c1-4-19-14-12(15)8-11(9-13(14)16)10-17-6-5-7-18(2)3/h8-9,17H,4-7,10H2,1-3H3. The first-order valence-corrected chi connectivity index (χ1v) is 7.26. The summed E-state index contributed by atoms with van der Waals surface area (Å²) in [5.74, 6) is 0.571. The number of rotatable bonds is 8. The molecule has 0 saturated heterocycles. The largest absolute Gasteiger partial charge is 0.491 e. The molecule has 5 heteroatoms. The maximum Gasteiger partial charge on any atom is 0.156 e. The third-order valence-electron chi connectivity index (χ3n) is 2.63. The Morgan fingerprint density at radius 2 is 1.84 bits per heavy atom. The predicted octanol–water partition coefficient (Wildman–Crippen LogP) is 3.43. The highest BCUT2D eigenvalue weighted by Gasteiger charge is 2.08. The highest BCUT2D eigenvalue weighted by atomic mass is 35.5. The third kappa shape index (κ3) is 6.00. The Morgan fingerprint density at radius 1 is 1.21 bits per heavy atom. The van der Waals surface area contributed by atoms with Gasteiger partial charge in [0.1, 0.15) is 0 Å². The van der Waals surface area contributed by atoms with Crippen molar-refractivity contribution in [1.82, 2.24) is 10.2 Å².